The van der Waals surface area contributed by atoms with Crippen LogP contribution in [-0.2, 0) is 9.48 Å². The summed E-state index contributed by atoms with van der Waals surface area (Å²) in [5, 5.41) is 14.0. The average Bonchev–Trinajstić information content (AvgIpc) is 2.53. The van der Waals surface area contributed by atoms with E-state index in [-0.39, 0.29) is 11.3 Å². The van der Waals surface area contributed by atoms with Gasteiger partial charge in [-0.05, 0) is 39.7 Å². The lowest BCUT2D eigenvalue weighted by molar-refractivity contribution is -0.385. The van der Waals surface area contributed by atoms with Crippen LogP contribution in [0, 0.1) is 15.9 Å². The maximum atomic E-state index is 14.5. The lowest BCUT2D eigenvalue weighted by Gasteiger charge is -2.35. The second-order valence-corrected chi connectivity index (χ2v) is 8.31. The Hall–Kier alpha value is -2.16. The summed E-state index contributed by atoms with van der Waals surface area (Å²) in [6.45, 7) is 7.49. The smallest absolute Gasteiger partial charge is 0.413 e. The van der Waals surface area contributed by atoms with Gasteiger partial charge in [0.05, 0.1) is 9.67 Å². The molecule has 0 saturated carbocycles. The zero-order valence-electron chi connectivity index (χ0n) is 15.2. The Morgan fingerprint density at radius 2 is 2.19 bits per heavy atom. The van der Waals surface area contributed by atoms with Crippen LogP contribution in [0.4, 0.5) is 14.9 Å². The molecule has 0 bridgehead atoms. The van der Waals surface area contributed by atoms with Gasteiger partial charge in [0.2, 0.25) is 0 Å². The van der Waals surface area contributed by atoms with E-state index in [2.05, 4.69) is 10.3 Å². The Bertz CT molecular complexity index is 748. The number of amides is 1. The van der Waals surface area contributed by atoms with E-state index in [4.69, 9.17) is 4.74 Å². The molecular weight excluding hydrogens is 361 g/mol. The molecule has 0 saturated heterocycles. The molecule has 0 spiro atoms. The van der Waals surface area contributed by atoms with Crippen molar-refractivity contribution in [2.75, 3.05) is 6.54 Å². The van der Waals surface area contributed by atoms with Gasteiger partial charge in [0, 0.05) is 24.2 Å². The Morgan fingerprint density at radius 1 is 1.50 bits per heavy atom. The molecule has 7 nitrogen and oxygen atoms in total. The summed E-state index contributed by atoms with van der Waals surface area (Å²) in [6.07, 6.45) is 0.381. The number of hydrogen-bond acceptors (Lipinski definition) is 6. The number of aliphatic imine (C=N–C) groups is 1. The van der Waals surface area contributed by atoms with Crippen LogP contribution in [0.25, 0.3) is 0 Å². The molecule has 9 heteroatoms. The summed E-state index contributed by atoms with van der Waals surface area (Å²) in [7, 11) is 0. The highest BCUT2D eigenvalue weighted by Crippen LogP contribution is 2.47. The van der Waals surface area contributed by atoms with Crippen LogP contribution in [-0.4, -0.2) is 28.3 Å². The third-order valence-corrected chi connectivity index (χ3v) is 5.42. The Kier molecular flexibility index (Phi) is 5.90. The van der Waals surface area contributed by atoms with Crippen LogP contribution in [0.5, 0.6) is 0 Å². The fourth-order valence-corrected chi connectivity index (χ4v) is 3.93. The van der Waals surface area contributed by atoms with Crippen molar-refractivity contribution in [2.24, 2.45) is 4.99 Å². The van der Waals surface area contributed by atoms with E-state index in [0.29, 0.717) is 24.6 Å². The van der Waals surface area contributed by atoms with Gasteiger partial charge in [-0.2, -0.15) is 0 Å². The number of alkyl carbamates (subject to hydrolysis) is 1. The molecule has 2 rings (SSSR count). The van der Waals surface area contributed by atoms with Gasteiger partial charge in [0.1, 0.15) is 11.4 Å². The predicted molar refractivity (Wildman–Crippen MR) is 98.9 cm³/mol. The average molecular weight is 383 g/mol. The first kappa shape index (κ1) is 20.2. The number of nitrogens with zero attached hydrogens (tertiary/aromatic N) is 2. The third-order valence-electron chi connectivity index (χ3n) is 3.89. The topological polar surface area (TPSA) is 93.8 Å². The van der Waals surface area contributed by atoms with E-state index in [9.17, 15) is 19.3 Å². The van der Waals surface area contributed by atoms with Crippen LogP contribution in [0.15, 0.2) is 23.2 Å². The van der Waals surface area contributed by atoms with Crippen molar-refractivity contribution in [1.82, 2.24) is 5.32 Å². The molecule has 1 aromatic carbocycles. The highest BCUT2D eigenvalue weighted by molar-refractivity contribution is 8.14. The van der Waals surface area contributed by atoms with E-state index in [0.717, 1.165) is 12.1 Å². The number of benzene rings is 1. The van der Waals surface area contributed by atoms with E-state index in [1.54, 1.807) is 20.8 Å². The van der Waals surface area contributed by atoms with E-state index in [1.807, 2.05) is 6.92 Å². The van der Waals surface area contributed by atoms with Crippen LogP contribution < -0.4 is 5.32 Å². The van der Waals surface area contributed by atoms with Gasteiger partial charge in [0.25, 0.3) is 5.69 Å². The lowest BCUT2D eigenvalue weighted by atomic mass is 9.91. The highest BCUT2D eigenvalue weighted by atomic mass is 32.2. The maximum absolute atomic E-state index is 14.5. The summed E-state index contributed by atoms with van der Waals surface area (Å²) in [5.41, 5.74) is -0.575. The molecule has 0 aliphatic carbocycles. The molecule has 1 atom stereocenters. The summed E-state index contributed by atoms with van der Waals surface area (Å²) in [5.74, 6) is -0.511. The molecule has 1 aliphatic heterocycles. The predicted octanol–water partition coefficient (Wildman–Crippen LogP) is 4.36. The van der Waals surface area contributed by atoms with Crippen LogP contribution >= 0.6 is 11.8 Å². The maximum Gasteiger partial charge on any atom is 0.413 e. The van der Waals surface area contributed by atoms with Crippen molar-refractivity contribution in [3.63, 3.8) is 0 Å². The fraction of sp³-hybridized carbons (Fsp3) is 0.529. The third kappa shape index (κ3) is 4.72. The lowest BCUT2D eigenvalue weighted by Crippen LogP contribution is -2.39. The van der Waals surface area contributed by atoms with Gasteiger partial charge < -0.3 is 4.74 Å². The largest absolute Gasteiger partial charge is 0.444 e. The Morgan fingerprint density at radius 3 is 2.77 bits per heavy atom. The summed E-state index contributed by atoms with van der Waals surface area (Å²) in [4.78, 5) is 26.8. The number of ether oxygens (including phenoxy) is 1. The van der Waals surface area contributed by atoms with Crippen molar-refractivity contribution in [3.8, 4) is 0 Å². The van der Waals surface area contributed by atoms with Crippen molar-refractivity contribution in [3.05, 3.63) is 39.7 Å². The second-order valence-electron chi connectivity index (χ2n) is 6.93. The summed E-state index contributed by atoms with van der Waals surface area (Å²) >= 11 is 1.20. The van der Waals surface area contributed by atoms with Crippen LogP contribution in [0.1, 0.15) is 46.1 Å². The number of nitro groups is 1. The van der Waals surface area contributed by atoms with Crippen molar-refractivity contribution < 1.29 is 18.8 Å². The first-order valence-electron chi connectivity index (χ1n) is 8.24. The summed E-state index contributed by atoms with van der Waals surface area (Å²) < 4.78 is 18.9. The Balaban J connectivity index is 2.28. The number of carbonyl (C=O) groups is 1. The number of non-ortho nitro benzene ring substituents is 1. The SMILES string of the molecule is CC[C@@]1(c2cc([N+](=O)[O-])ccc2F)CCN=C(NC(=O)OC(C)(C)C)S1. The number of thioether (sulfide) groups is 1. The monoisotopic (exact) mass is 383 g/mol. The Labute approximate surface area is 155 Å². The zero-order chi connectivity index (χ0) is 19.5. The zero-order valence-corrected chi connectivity index (χ0v) is 16.0. The van der Waals surface area contributed by atoms with Crippen LogP contribution in [0.3, 0.4) is 0 Å². The number of nitro benzene ring substituents is 1. The quantitative estimate of drug-likeness (QED) is 0.618. The molecule has 26 heavy (non-hydrogen) atoms. The molecule has 0 unspecified atom stereocenters. The molecule has 1 aliphatic rings. The number of halogens is 1. The van der Waals surface area contributed by atoms with E-state index in [1.165, 1.54) is 17.8 Å². The molecule has 1 amide bonds. The fourth-order valence-electron chi connectivity index (χ4n) is 2.67. The molecule has 0 aromatic heterocycles. The first-order valence-corrected chi connectivity index (χ1v) is 9.06. The summed E-state index contributed by atoms with van der Waals surface area (Å²) in [6, 6.07) is 3.52. The van der Waals surface area contributed by atoms with Gasteiger partial charge >= 0.3 is 6.09 Å². The molecule has 0 radical (unpaired) electrons. The molecular formula is C17H22FN3O4S. The standard InChI is InChI=1S/C17H22FN3O4S/c1-5-17(12-10-11(21(23)24)6-7-13(12)18)8-9-19-14(26-17)20-15(22)25-16(2,3)4/h6-7,10H,5,8-9H2,1-4H3,(H,19,20,22)/t17-/m0/s1. The number of nitrogens with one attached hydrogen (secondary N) is 1. The first-order chi connectivity index (χ1) is 12.1. The van der Waals surface area contributed by atoms with Gasteiger partial charge in [-0.3, -0.25) is 20.4 Å². The number of amidine groups is 1. The molecule has 1 aromatic rings. The normalized spacial score (nSPS) is 20.3. The number of carbonyl (C=O) groups excluding carboxylic acids is 1. The minimum Gasteiger partial charge on any atom is -0.444 e. The van der Waals surface area contributed by atoms with Gasteiger partial charge in [-0.1, -0.05) is 18.7 Å². The highest BCUT2D eigenvalue weighted by Gasteiger charge is 2.39. The van der Waals surface area contributed by atoms with Crippen molar-refractivity contribution in [1.29, 1.82) is 0 Å². The van der Waals surface area contributed by atoms with Gasteiger partial charge in [0.15, 0.2) is 5.17 Å². The van der Waals surface area contributed by atoms with Crippen LogP contribution in [0.2, 0.25) is 0 Å². The molecule has 0 fully saturated rings. The minimum atomic E-state index is -0.748. The van der Waals surface area contributed by atoms with Gasteiger partial charge in [-0.25, -0.2) is 9.18 Å². The number of rotatable bonds is 3. The van der Waals surface area contributed by atoms with E-state index < -0.39 is 27.2 Å². The minimum absolute atomic E-state index is 0.168. The molecule has 1 N–H and O–H groups in total. The van der Waals surface area contributed by atoms with E-state index >= 15 is 0 Å². The van der Waals surface area contributed by atoms with Crippen molar-refractivity contribution >= 4 is 28.7 Å². The van der Waals surface area contributed by atoms with Gasteiger partial charge in [-0.15, -0.1) is 0 Å². The second kappa shape index (κ2) is 7.61. The molecule has 142 valence electrons. The number of hydrogen-bond donors (Lipinski definition) is 1. The van der Waals surface area contributed by atoms with Crippen molar-refractivity contribution in [2.45, 2.75) is 50.9 Å². The molecule has 1 heterocycles.